The Kier molecular flexibility index (Phi) is 2.48. The average Bonchev–Trinajstić information content (AvgIpc) is 2.03. The lowest BCUT2D eigenvalue weighted by Gasteiger charge is -2.11. The lowest BCUT2D eigenvalue weighted by atomic mass is 10.2. The van der Waals surface area contributed by atoms with Gasteiger partial charge in [-0.05, 0) is 18.6 Å². The molecule has 1 aromatic carbocycles. The lowest BCUT2D eigenvalue weighted by Crippen LogP contribution is -2.25. The number of benzene rings is 1. The van der Waals surface area contributed by atoms with Gasteiger partial charge in [0, 0.05) is 13.1 Å². The molecule has 0 amide bonds. The zero-order chi connectivity index (χ0) is 10.0. The molecule has 0 unspecified atom stereocenters. The molecule has 0 saturated carbocycles. The molecule has 1 rings (SSSR count). The first-order valence-corrected chi connectivity index (χ1v) is 3.76. The van der Waals surface area contributed by atoms with Crippen molar-refractivity contribution in [2.45, 2.75) is 6.92 Å². The van der Waals surface area contributed by atoms with Crippen molar-refractivity contribution in [3.8, 4) is 0 Å². The van der Waals surface area contributed by atoms with Crippen LogP contribution in [0.3, 0.4) is 0 Å². The number of nitrogens with zero attached hydrogens (tertiary/aromatic N) is 2. The van der Waals surface area contributed by atoms with Crippen LogP contribution in [0.4, 0.5) is 11.4 Å². The Morgan fingerprint density at radius 2 is 2.15 bits per heavy atom. The summed E-state index contributed by atoms with van der Waals surface area (Å²) < 4.78 is 0. The summed E-state index contributed by atoms with van der Waals surface area (Å²) in [6.45, 7) is 1.80. The molecule has 70 valence electrons. The Morgan fingerprint density at radius 3 is 2.62 bits per heavy atom. The molecule has 0 radical (unpaired) electrons. The zero-order valence-electron chi connectivity index (χ0n) is 7.52. The highest BCUT2D eigenvalue weighted by atomic mass is 16.6. The number of anilines is 1. The standard InChI is InChI=1S/C8H11N3O2/c1-6-3-4-7(10(2)9)8(5-6)11(12)13/h3-5H,9H2,1-2H3. The molecule has 2 N–H and O–H groups in total. The molecule has 0 aliphatic carbocycles. The Labute approximate surface area is 75.9 Å². The quantitative estimate of drug-likeness (QED) is 0.423. The highest BCUT2D eigenvalue weighted by Crippen LogP contribution is 2.26. The van der Waals surface area contributed by atoms with E-state index >= 15 is 0 Å². The highest BCUT2D eigenvalue weighted by Gasteiger charge is 2.14. The van der Waals surface area contributed by atoms with Crippen LogP contribution in [-0.4, -0.2) is 12.0 Å². The first kappa shape index (κ1) is 9.47. The summed E-state index contributed by atoms with van der Waals surface area (Å²) in [7, 11) is 1.57. The fourth-order valence-electron chi connectivity index (χ4n) is 1.08. The first-order chi connectivity index (χ1) is 6.02. The minimum atomic E-state index is -0.439. The zero-order valence-corrected chi connectivity index (χ0v) is 7.52. The lowest BCUT2D eigenvalue weighted by molar-refractivity contribution is -0.384. The van der Waals surface area contributed by atoms with Crippen LogP contribution in [0.5, 0.6) is 0 Å². The van der Waals surface area contributed by atoms with Crippen molar-refractivity contribution in [3.63, 3.8) is 0 Å². The van der Waals surface area contributed by atoms with E-state index in [1.165, 1.54) is 11.1 Å². The van der Waals surface area contributed by atoms with Gasteiger partial charge in [-0.25, -0.2) is 5.84 Å². The van der Waals surface area contributed by atoms with E-state index in [-0.39, 0.29) is 5.69 Å². The third kappa shape index (κ3) is 1.94. The van der Waals surface area contributed by atoms with Crippen LogP contribution in [0.2, 0.25) is 0 Å². The third-order valence-corrected chi connectivity index (χ3v) is 1.71. The number of nitro groups is 1. The van der Waals surface area contributed by atoms with E-state index in [2.05, 4.69) is 0 Å². The van der Waals surface area contributed by atoms with Crippen LogP contribution >= 0.6 is 0 Å². The van der Waals surface area contributed by atoms with Crippen LogP contribution < -0.4 is 10.9 Å². The van der Waals surface area contributed by atoms with E-state index in [4.69, 9.17) is 5.84 Å². The summed E-state index contributed by atoms with van der Waals surface area (Å²) in [4.78, 5) is 10.2. The maximum Gasteiger partial charge on any atom is 0.294 e. The number of rotatable bonds is 2. The van der Waals surface area contributed by atoms with E-state index in [1.54, 1.807) is 26.1 Å². The maximum absolute atomic E-state index is 10.6. The van der Waals surface area contributed by atoms with Gasteiger partial charge in [-0.15, -0.1) is 0 Å². The average molecular weight is 181 g/mol. The van der Waals surface area contributed by atoms with Gasteiger partial charge in [-0.3, -0.25) is 10.1 Å². The Bertz CT molecular complexity index is 336. The number of nitro benzene ring substituents is 1. The smallest absolute Gasteiger partial charge is 0.294 e. The molecule has 0 spiro atoms. The summed E-state index contributed by atoms with van der Waals surface area (Å²) in [5.41, 5.74) is 1.29. The summed E-state index contributed by atoms with van der Waals surface area (Å²) in [6.07, 6.45) is 0. The second-order valence-electron chi connectivity index (χ2n) is 2.86. The normalized spacial score (nSPS) is 9.77. The molecular formula is C8H11N3O2. The number of hydrazine groups is 1. The van der Waals surface area contributed by atoms with Gasteiger partial charge in [0.15, 0.2) is 0 Å². The second kappa shape index (κ2) is 3.40. The molecule has 0 bridgehead atoms. The maximum atomic E-state index is 10.6. The molecule has 5 nitrogen and oxygen atoms in total. The van der Waals surface area contributed by atoms with E-state index in [0.717, 1.165) is 5.56 Å². The molecule has 0 aliphatic heterocycles. The summed E-state index contributed by atoms with van der Waals surface area (Å²) >= 11 is 0. The molecule has 0 atom stereocenters. The molecule has 0 aliphatic rings. The fraction of sp³-hybridized carbons (Fsp3) is 0.250. The van der Waals surface area contributed by atoms with E-state index in [1.807, 2.05) is 0 Å². The number of hydrogen-bond acceptors (Lipinski definition) is 4. The molecule has 5 heteroatoms. The fourth-order valence-corrected chi connectivity index (χ4v) is 1.08. The number of nitrogens with two attached hydrogens (primary N) is 1. The molecule has 0 heterocycles. The molecule has 0 aromatic heterocycles. The van der Waals surface area contributed by atoms with Crippen molar-refractivity contribution < 1.29 is 4.92 Å². The molecule has 1 aromatic rings. The Hall–Kier alpha value is -1.62. The molecule has 0 saturated heterocycles. The predicted molar refractivity (Wildman–Crippen MR) is 50.4 cm³/mol. The van der Waals surface area contributed by atoms with Crippen LogP contribution in [0.15, 0.2) is 18.2 Å². The first-order valence-electron chi connectivity index (χ1n) is 3.76. The highest BCUT2D eigenvalue weighted by molar-refractivity contribution is 5.62. The van der Waals surface area contributed by atoms with E-state index in [9.17, 15) is 10.1 Å². The topological polar surface area (TPSA) is 72.4 Å². The minimum absolute atomic E-state index is 0.0324. The van der Waals surface area contributed by atoms with Crippen LogP contribution in [0.25, 0.3) is 0 Å². The SMILES string of the molecule is Cc1ccc(N(C)N)c([N+](=O)[O-])c1. The van der Waals surface area contributed by atoms with Gasteiger partial charge in [-0.1, -0.05) is 6.07 Å². The minimum Gasteiger partial charge on any atom is -0.308 e. The summed E-state index contributed by atoms with van der Waals surface area (Å²) in [6, 6.07) is 4.91. The van der Waals surface area contributed by atoms with Gasteiger partial charge in [0.1, 0.15) is 5.69 Å². The van der Waals surface area contributed by atoms with Crippen molar-refractivity contribution in [3.05, 3.63) is 33.9 Å². The Balaban J connectivity index is 3.27. The number of hydrogen-bond donors (Lipinski definition) is 1. The Morgan fingerprint density at radius 1 is 1.54 bits per heavy atom. The van der Waals surface area contributed by atoms with Crippen LogP contribution in [-0.2, 0) is 0 Å². The van der Waals surface area contributed by atoms with E-state index < -0.39 is 4.92 Å². The van der Waals surface area contributed by atoms with Gasteiger partial charge in [0.2, 0.25) is 0 Å². The summed E-state index contributed by atoms with van der Waals surface area (Å²) in [5.74, 6) is 5.43. The van der Waals surface area contributed by atoms with Crippen molar-refractivity contribution in [1.29, 1.82) is 0 Å². The predicted octanol–water partition coefficient (Wildman–Crippen LogP) is 1.21. The third-order valence-electron chi connectivity index (χ3n) is 1.71. The second-order valence-corrected chi connectivity index (χ2v) is 2.86. The number of aryl methyl sites for hydroxylation is 1. The van der Waals surface area contributed by atoms with Crippen molar-refractivity contribution in [2.75, 3.05) is 12.1 Å². The molecule has 13 heavy (non-hydrogen) atoms. The van der Waals surface area contributed by atoms with Gasteiger partial charge in [0.25, 0.3) is 5.69 Å². The van der Waals surface area contributed by atoms with Crippen LogP contribution in [0, 0.1) is 17.0 Å². The van der Waals surface area contributed by atoms with Crippen molar-refractivity contribution in [1.82, 2.24) is 0 Å². The molecule has 0 fully saturated rings. The van der Waals surface area contributed by atoms with Crippen LogP contribution in [0.1, 0.15) is 5.56 Å². The monoisotopic (exact) mass is 181 g/mol. The van der Waals surface area contributed by atoms with Crippen molar-refractivity contribution in [2.24, 2.45) is 5.84 Å². The largest absolute Gasteiger partial charge is 0.308 e. The van der Waals surface area contributed by atoms with Gasteiger partial charge in [0.05, 0.1) is 4.92 Å². The van der Waals surface area contributed by atoms with Gasteiger partial charge < -0.3 is 5.01 Å². The van der Waals surface area contributed by atoms with Gasteiger partial charge in [-0.2, -0.15) is 0 Å². The summed E-state index contributed by atoms with van der Waals surface area (Å²) in [5, 5.41) is 11.8. The molecular weight excluding hydrogens is 170 g/mol. The van der Waals surface area contributed by atoms with Crippen molar-refractivity contribution >= 4 is 11.4 Å². The van der Waals surface area contributed by atoms with E-state index in [0.29, 0.717) is 5.69 Å². The van der Waals surface area contributed by atoms with Gasteiger partial charge >= 0.3 is 0 Å².